The summed E-state index contributed by atoms with van der Waals surface area (Å²) >= 11 is 0. The molecule has 1 unspecified atom stereocenters. The van der Waals surface area contributed by atoms with E-state index in [1.165, 1.54) is 27.5 Å². The molecule has 5 heteroatoms. The van der Waals surface area contributed by atoms with Gasteiger partial charge in [-0.1, -0.05) is 129 Å². The summed E-state index contributed by atoms with van der Waals surface area (Å²) in [7, 11) is 0. The zero-order valence-electron chi connectivity index (χ0n) is 33.2. The molecule has 5 aromatic carbocycles. The van der Waals surface area contributed by atoms with E-state index in [1.807, 2.05) is 12.1 Å². The number of allylic oxidation sites excluding steroid dienone is 6. The minimum absolute atomic E-state index is 0.0325. The van der Waals surface area contributed by atoms with Gasteiger partial charge in [0, 0.05) is 35.4 Å². The first-order chi connectivity index (χ1) is 27.1. The lowest BCUT2D eigenvalue weighted by molar-refractivity contribution is -0.136. The van der Waals surface area contributed by atoms with Crippen molar-refractivity contribution in [3.05, 3.63) is 155 Å². The number of anilines is 2. The lowest BCUT2D eigenvalue weighted by atomic mass is 9.72. The molecular weight excluding hydrogens is 687 g/mol. The molecule has 0 fully saturated rings. The predicted octanol–water partition coefficient (Wildman–Crippen LogP) is 12.1. The number of carbonyl (C=O) groups is 1. The topological polar surface area (TPSA) is 85.2 Å². The predicted molar refractivity (Wildman–Crippen MR) is 234 cm³/mol. The van der Waals surface area contributed by atoms with E-state index in [0.717, 1.165) is 83.9 Å². The highest BCUT2D eigenvalue weighted by Gasteiger charge is 2.31. The van der Waals surface area contributed by atoms with E-state index in [2.05, 4.69) is 165 Å². The number of hydrogen-bond acceptors (Lipinski definition) is 4. The van der Waals surface area contributed by atoms with Crippen LogP contribution in [0.1, 0.15) is 82.9 Å². The van der Waals surface area contributed by atoms with Crippen molar-refractivity contribution in [1.29, 1.82) is 5.26 Å². The number of hydrogen-bond donors (Lipinski definition) is 3. The van der Waals surface area contributed by atoms with Gasteiger partial charge in [-0.3, -0.25) is 4.79 Å². The summed E-state index contributed by atoms with van der Waals surface area (Å²) in [4.78, 5) is 11.4. The molecule has 0 aromatic heterocycles. The number of rotatable bonds is 14. The molecule has 0 amide bonds. The van der Waals surface area contributed by atoms with Crippen LogP contribution in [-0.2, 0) is 22.0 Å². The van der Waals surface area contributed by atoms with Gasteiger partial charge in [-0.2, -0.15) is 5.26 Å². The Balaban J connectivity index is 1.34. The van der Waals surface area contributed by atoms with Gasteiger partial charge in [-0.05, 0) is 114 Å². The maximum atomic E-state index is 11.4. The summed E-state index contributed by atoms with van der Waals surface area (Å²) in [6.07, 6.45) is 11.6. The zero-order valence-corrected chi connectivity index (χ0v) is 33.2. The maximum absolute atomic E-state index is 11.4. The van der Waals surface area contributed by atoms with Crippen LogP contribution in [0.4, 0.5) is 11.4 Å². The van der Waals surface area contributed by atoms with E-state index < -0.39 is 11.4 Å². The van der Waals surface area contributed by atoms with E-state index in [9.17, 15) is 15.2 Å². The minimum atomic E-state index is -0.828. The van der Waals surface area contributed by atoms with Gasteiger partial charge >= 0.3 is 5.97 Å². The molecule has 3 N–H and O–H groups in total. The van der Waals surface area contributed by atoms with Crippen molar-refractivity contribution in [2.24, 2.45) is 0 Å². The number of benzene rings is 5. The normalized spacial score (nSPS) is 15.0. The van der Waals surface area contributed by atoms with E-state index in [0.29, 0.717) is 6.54 Å². The van der Waals surface area contributed by atoms with Gasteiger partial charge in [0.1, 0.15) is 0 Å². The Morgan fingerprint density at radius 2 is 1.43 bits per heavy atom. The number of aliphatic carboxylic acids is 1. The number of nitrogens with one attached hydrogen (secondary N) is 2. The van der Waals surface area contributed by atoms with Gasteiger partial charge in [-0.25, -0.2) is 0 Å². The Morgan fingerprint density at radius 3 is 2.09 bits per heavy atom. The highest BCUT2D eigenvalue weighted by atomic mass is 16.4. The van der Waals surface area contributed by atoms with Gasteiger partial charge in [0.25, 0.3) is 0 Å². The van der Waals surface area contributed by atoms with Crippen molar-refractivity contribution in [3.8, 4) is 17.9 Å². The average Bonchev–Trinajstić information content (AvgIpc) is 3.19. The molecule has 0 spiro atoms. The molecule has 1 aliphatic carbocycles. The number of nitriles is 1. The molecular formula is C51H53N3O2. The monoisotopic (exact) mass is 739 g/mol. The highest BCUT2D eigenvalue weighted by Crippen LogP contribution is 2.42. The van der Waals surface area contributed by atoms with Crippen molar-refractivity contribution in [1.82, 2.24) is 0 Å². The van der Waals surface area contributed by atoms with Crippen LogP contribution in [0.25, 0.3) is 21.5 Å². The van der Waals surface area contributed by atoms with Gasteiger partial charge in [-0.15, -0.1) is 0 Å². The molecule has 5 nitrogen and oxygen atoms in total. The van der Waals surface area contributed by atoms with E-state index in [4.69, 9.17) is 0 Å². The third kappa shape index (κ3) is 9.24. The maximum Gasteiger partial charge on any atom is 0.305 e. The first-order valence-corrected chi connectivity index (χ1v) is 19.9. The summed E-state index contributed by atoms with van der Waals surface area (Å²) < 4.78 is 0. The molecule has 56 heavy (non-hydrogen) atoms. The molecule has 1 aliphatic rings. The van der Waals surface area contributed by atoms with Crippen molar-refractivity contribution >= 4 is 38.9 Å². The highest BCUT2D eigenvalue weighted by molar-refractivity contribution is 5.93. The van der Waals surface area contributed by atoms with Gasteiger partial charge in [0.05, 0.1) is 23.5 Å². The van der Waals surface area contributed by atoms with Crippen molar-refractivity contribution in [2.75, 3.05) is 23.7 Å². The number of carboxylic acids is 1. The Hall–Kier alpha value is -6.04. The van der Waals surface area contributed by atoms with E-state index >= 15 is 0 Å². The summed E-state index contributed by atoms with van der Waals surface area (Å²) in [5.41, 5.74) is 7.64. The van der Waals surface area contributed by atoms with Crippen LogP contribution < -0.4 is 10.6 Å². The Bertz CT molecular complexity index is 2400. The van der Waals surface area contributed by atoms with E-state index in [1.54, 1.807) is 0 Å². The summed E-state index contributed by atoms with van der Waals surface area (Å²) in [6.45, 7) is 10.1. The second-order valence-corrected chi connectivity index (χ2v) is 15.7. The molecule has 0 bridgehead atoms. The molecule has 0 heterocycles. The first-order valence-electron chi connectivity index (χ1n) is 19.9. The van der Waals surface area contributed by atoms with Crippen LogP contribution in [0.2, 0.25) is 0 Å². The molecule has 1 atom stereocenters. The van der Waals surface area contributed by atoms with Crippen LogP contribution in [0.5, 0.6) is 0 Å². The molecule has 0 aliphatic heterocycles. The summed E-state index contributed by atoms with van der Waals surface area (Å²) in [6, 6.07) is 38.6. The number of fused-ring (bicyclic) bond motifs is 2. The Morgan fingerprint density at radius 1 is 0.804 bits per heavy atom. The fraction of sp³-hybridized carbons (Fsp3) is 0.294. The molecule has 6 rings (SSSR count). The third-order valence-electron chi connectivity index (χ3n) is 10.9. The van der Waals surface area contributed by atoms with Crippen molar-refractivity contribution in [3.63, 3.8) is 0 Å². The van der Waals surface area contributed by atoms with Crippen molar-refractivity contribution < 1.29 is 9.90 Å². The number of carboxylic acid groups (broad SMARTS) is 1. The fourth-order valence-electron chi connectivity index (χ4n) is 8.24. The summed E-state index contributed by atoms with van der Waals surface area (Å²) in [5.74, 6) is 6.16. The molecule has 0 saturated carbocycles. The Kier molecular flexibility index (Phi) is 12.8. The van der Waals surface area contributed by atoms with Gasteiger partial charge < -0.3 is 15.7 Å². The van der Waals surface area contributed by atoms with Crippen LogP contribution in [-0.4, -0.2) is 24.2 Å². The average molecular weight is 740 g/mol. The molecule has 5 aromatic rings. The smallest absolute Gasteiger partial charge is 0.305 e. The van der Waals surface area contributed by atoms with Crippen molar-refractivity contribution in [2.45, 2.75) is 83.5 Å². The van der Waals surface area contributed by atoms with Crippen LogP contribution in [0.15, 0.2) is 138 Å². The first kappa shape index (κ1) is 39.6. The van der Waals surface area contributed by atoms with Crippen LogP contribution >= 0.6 is 0 Å². The lowest BCUT2D eigenvalue weighted by Crippen LogP contribution is -2.27. The standard InChI is InChI=1S/C51H53N3O2/c1-5-33-53-45-28-26-40-18-9-11-24-42(40)48(45)50(2,3)31-14-22-38-20-13-21-39(44(38)36-52)23-15-32-51(4,35-37-16-7-6-8-17-37)49-43-25-12-10-19-41(43)27-29-46(49)54-34-30-47(55)56/h6-12,15-19,22-29,53-54H,5,13,20-21,30,32-35H2,1-4H3,(H,55,56)/b23-15+,38-22+. The minimum Gasteiger partial charge on any atom is -0.481 e. The SMILES string of the molecule is CCCNc1ccc2ccccc2c1C(C)(C)C#C/C=C1\CCCC(/C=C/CC(C)(Cc2ccccc2)c2c(NCCC(=O)O)ccc3ccccc23)=C1C#N. The van der Waals surface area contributed by atoms with Crippen LogP contribution in [0.3, 0.4) is 0 Å². The fourth-order valence-corrected chi connectivity index (χ4v) is 8.24. The number of nitrogens with zero attached hydrogens (tertiary/aromatic N) is 1. The Labute approximate surface area is 332 Å². The molecule has 0 radical (unpaired) electrons. The van der Waals surface area contributed by atoms with Crippen LogP contribution in [0, 0.1) is 23.2 Å². The summed E-state index contributed by atoms with van der Waals surface area (Å²) in [5, 5.41) is 31.7. The van der Waals surface area contributed by atoms with Gasteiger partial charge in [0.15, 0.2) is 0 Å². The lowest BCUT2D eigenvalue weighted by Gasteiger charge is -2.33. The zero-order chi connectivity index (χ0) is 39.5. The molecule has 284 valence electrons. The third-order valence-corrected chi connectivity index (χ3v) is 10.9. The van der Waals surface area contributed by atoms with E-state index in [-0.39, 0.29) is 11.8 Å². The second kappa shape index (κ2) is 18.1. The quantitative estimate of drug-likeness (QED) is 0.0988. The molecule has 0 saturated heterocycles. The second-order valence-electron chi connectivity index (χ2n) is 15.7. The largest absolute Gasteiger partial charge is 0.481 e. The van der Waals surface area contributed by atoms with Gasteiger partial charge in [0.2, 0.25) is 0 Å².